The fraction of sp³-hybridized carbons (Fsp3) is 0.276. The lowest BCUT2D eigenvalue weighted by atomic mass is 9.88. The summed E-state index contributed by atoms with van der Waals surface area (Å²) >= 11 is 0. The van der Waals surface area contributed by atoms with Gasteiger partial charge in [-0.1, -0.05) is 12.1 Å². The molecule has 196 valence electrons. The standard InChI is InChI=1S/C29H28F3N5O/c1-17-3-4-20(14-25(17)19-5-6-26-22(11-19)16-34-28(33)36-26)27(38)35-24-13-21(12-23(15-24)29(30,31)32)18-7-9-37(2)10-8-18/h3-6,11-16,18H,7-10H2,1-2H3,(H,35,38)(H2,33,34,36). The van der Waals surface area contributed by atoms with Crippen molar-refractivity contribution >= 4 is 28.4 Å². The first-order valence-corrected chi connectivity index (χ1v) is 12.4. The number of hydrogen-bond donors (Lipinski definition) is 2. The molecular weight excluding hydrogens is 491 g/mol. The largest absolute Gasteiger partial charge is 0.416 e. The predicted molar refractivity (Wildman–Crippen MR) is 143 cm³/mol. The van der Waals surface area contributed by atoms with E-state index in [9.17, 15) is 18.0 Å². The van der Waals surface area contributed by atoms with Crippen molar-refractivity contribution in [2.24, 2.45) is 0 Å². The second kappa shape index (κ2) is 10.1. The second-order valence-corrected chi connectivity index (χ2v) is 9.90. The van der Waals surface area contributed by atoms with E-state index in [0.717, 1.165) is 54.1 Å². The first-order valence-electron chi connectivity index (χ1n) is 12.4. The number of alkyl halides is 3. The number of likely N-dealkylation sites (tertiary alicyclic amines) is 1. The number of aryl methyl sites for hydroxylation is 1. The van der Waals surface area contributed by atoms with Gasteiger partial charge in [-0.15, -0.1) is 0 Å². The Hall–Kier alpha value is -3.98. The summed E-state index contributed by atoms with van der Waals surface area (Å²) < 4.78 is 41.2. The molecule has 9 heteroatoms. The van der Waals surface area contributed by atoms with Gasteiger partial charge in [-0.2, -0.15) is 13.2 Å². The number of nitrogen functional groups attached to an aromatic ring is 1. The van der Waals surface area contributed by atoms with Crippen LogP contribution < -0.4 is 11.1 Å². The highest BCUT2D eigenvalue weighted by Gasteiger charge is 2.32. The van der Waals surface area contributed by atoms with Gasteiger partial charge in [0.2, 0.25) is 5.95 Å². The van der Waals surface area contributed by atoms with Crippen molar-refractivity contribution in [2.45, 2.75) is 31.9 Å². The Kier molecular flexibility index (Phi) is 6.79. The number of anilines is 2. The normalized spacial score (nSPS) is 15.1. The summed E-state index contributed by atoms with van der Waals surface area (Å²) in [7, 11) is 2.01. The average molecular weight is 520 g/mol. The monoisotopic (exact) mass is 519 g/mol. The van der Waals surface area contributed by atoms with E-state index in [1.165, 1.54) is 6.07 Å². The Morgan fingerprint density at radius 3 is 2.55 bits per heavy atom. The fourth-order valence-electron chi connectivity index (χ4n) is 4.96. The molecule has 0 bridgehead atoms. The molecule has 1 amide bonds. The molecule has 4 aromatic rings. The van der Waals surface area contributed by atoms with E-state index in [1.807, 2.05) is 38.2 Å². The Bertz CT molecular complexity index is 1510. The molecule has 0 spiro atoms. The topological polar surface area (TPSA) is 84.1 Å². The summed E-state index contributed by atoms with van der Waals surface area (Å²) in [5.41, 5.74) is 9.35. The van der Waals surface area contributed by atoms with E-state index >= 15 is 0 Å². The second-order valence-electron chi connectivity index (χ2n) is 9.90. The molecule has 0 aliphatic carbocycles. The predicted octanol–water partition coefficient (Wildman–Crippen LogP) is 6.27. The Labute approximate surface area is 218 Å². The summed E-state index contributed by atoms with van der Waals surface area (Å²) in [5, 5.41) is 3.51. The molecular formula is C29H28F3N5O. The van der Waals surface area contributed by atoms with Gasteiger partial charge in [0.1, 0.15) is 0 Å². The number of benzene rings is 3. The Balaban J connectivity index is 1.45. The minimum Gasteiger partial charge on any atom is -0.368 e. The van der Waals surface area contributed by atoms with E-state index in [-0.39, 0.29) is 17.6 Å². The number of nitrogens with two attached hydrogens (primary N) is 1. The van der Waals surface area contributed by atoms with Crippen LogP contribution in [-0.2, 0) is 6.18 Å². The number of rotatable bonds is 4. The number of fused-ring (bicyclic) bond motifs is 1. The maximum absolute atomic E-state index is 13.7. The first kappa shape index (κ1) is 25.7. The van der Waals surface area contributed by atoms with Crippen molar-refractivity contribution in [1.29, 1.82) is 0 Å². The first-order chi connectivity index (χ1) is 18.1. The van der Waals surface area contributed by atoms with Gasteiger partial charge in [0.15, 0.2) is 0 Å². The third-order valence-electron chi connectivity index (χ3n) is 7.14. The Morgan fingerprint density at radius 1 is 1.05 bits per heavy atom. The quantitative estimate of drug-likeness (QED) is 0.332. The van der Waals surface area contributed by atoms with Gasteiger partial charge in [-0.05, 0) is 111 Å². The zero-order chi connectivity index (χ0) is 27.0. The van der Waals surface area contributed by atoms with E-state index in [0.29, 0.717) is 16.6 Å². The molecule has 0 saturated carbocycles. The molecule has 1 aliphatic rings. The van der Waals surface area contributed by atoms with Crippen molar-refractivity contribution in [2.75, 3.05) is 31.2 Å². The number of carbonyl (C=O) groups excluding carboxylic acids is 1. The third kappa shape index (κ3) is 5.47. The summed E-state index contributed by atoms with van der Waals surface area (Å²) in [6.45, 7) is 3.58. The molecule has 1 aliphatic heterocycles. The van der Waals surface area contributed by atoms with Crippen molar-refractivity contribution < 1.29 is 18.0 Å². The molecule has 1 aromatic heterocycles. The molecule has 3 N–H and O–H groups in total. The van der Waals surface area contributed by atoms with Crippen LogP contribution in [0.2, 0.25) is 0 Å². The molecule has 3 aromatic carbocycles. The van der Waals surface area contributed by atoms with E-state index in [4.69, 9.17) is 5.73 Å². The maximum Gasteiger partial charge on any atom is 0.416 e. The molecule has 5 rings (SSSR count). The fourth-order valence-corrected chi connectivity index (χ4v) is 4.96. The van der Waals surface area contributed by atoms with Crippen LogP contribution in [-0.4, -0.2) is 40.9 Å². The van der Waals surface area contributed by atoms with Gasteiger partial charge in [-0.3, -0.25) is 4.79 Å². The lowest BCUT2D eigenvalue weighted by molar-refractivity contribution is -0.137. The zero-order valence-corrected chi connectivity index (χ0v) is 21.1. The number of piperidine rings is 1. The van der Waals surface area contributed by atoms with Gasteiger partial charge >= 0.3 is 6.18 Å². The minimum absolute atomic E-state index is 0.0161. The van der Waals surface area contributed by atoms with Crippen LogP contribution in [0.25, 0.3) is 22.0 Å². The lowest BCUT2D eigenvalue weighted by Gasteiger charge is -2.29. The van der Waals surface area contributed by atoms with E-state index in [1.54, 1.807) is 24.4 Å². The van der Waals surface area contributed by atoms with Crippen LogP contribution in [0.4, 0.5) is 24.8 Å². The van der Waals surface area contributed by atoms with E-state index in [2.05, 4.69) is 20.2 Å². The van der Waals surface area contributed by atoms with E-state index < -0.39 is 17.6 Å². The van der Waals surface area contributed by atoms with Gasteiger partial charge in [0.05, 0.1) is 11.1 Å². The number of carbonyl (C=O) groups is 1. The molecule has 6 nitrogen and oxygen atoms in total. The van der Waals surface area contributed by atoms with Gasteiger partial charge in [-0.25, -0.2) is 9.97 Å². The highest BCUT2D eigenvalue weighted by molar-refractivity contribution is 6.05. The maximum atomic E-state index is 13.7. The highest BCUT2D eigenvalue weighted by atomic mass is 19.4. The number of hydrogen-bond acceptors (Lipinski definition) is 5. The van der Waals surface area contributed by atoms with Crippen LogP contribution in [0, 0.1) is 6.92 Å². The third-order valence-corrected chi connectivity index (χ3v) is 7.14. The van der Waals surface area contributed by atoms with Crippen LogP contribution in [0.3, 0.4) is 0 Å². The minimum atomic E-state index is -4.51. The molecule has 38 heavy (non-hydrogen) atoms. The molecule has 0 atom stereocenters. The van der Waals surface area contributed by atoms with Crippen LogP contribution in [0.15, 0.2) is 60.8 Å². The van der Waals surface area contributed by atoms with Crippen molar-refractivity contribution in [3.05, 3.63) is 83.0 Å². The SMILES string of the molecule is Cc1ccc(C(=O)Nc2cc(C3CCN(C)CC3)cc(C(F)(F)F)c2)cc1-c1ccc2nc(N)ncc2c1. The van der Waals surface area contributed by atoms with Gasteiger partial charge < -0.3 is 16.0 Å². The van der Waals surface area contributed by atoms with Crippen LogP contribution >= 0.6 is 0 Å². The number of amides is 1. The van der Waals surface area contributed by atoms with Crippen LogP contribution in [0.1, 0.15) is 45.8 Å². The summed E-state index contributed by atoms with van der Waals surface area (Å²) in [4.78, 5) is 23.6. The molecule has 1 fully saturated rings. The van der Waals surface area contributed by atoms with Crippen LogP contribution in [0.5, 0.6) is 0 Å². The number of halogens is 3. The smallest absolute Gasteiger partial charge is 0.368 e. The molecule has 1 saturated heterocycles. The zero-order valence-electron chi connectivity index (χ0n) is 21.1. The number of aromatic nitrogens is 2. The Morgan fingerprint density at radius 2 is 1.82 bits per heavy atom. The molecule has 0 radical (unpaired) electrons. The number of nitrogens with one attached hydrogen (secondary N) is 1. The summed E-state index contributed by atoms with van der Waals surface area (Å²) in [5.74, 6) is -0.271. The average Bonchev–Trinajstić information content (AvgIpc) is 2.88. The lowest BCUT2D eigenvalue weighted by Crippen LogP contribution is -2.29. The van der Waals surface area contributed by atoms with Gasteiger partial charge in [0.25, 0.3) is 5.91 Å². The highest BCUT2D eigenvalue weighted by Crippen LogP contribution is 2.37. The molecule has 2 heterocycles. The summed E-state index contributed by atoms with van der Waals surface area (Å²) in [6.07, 6.45) is -1.32. The van der Waals surface area contributed by atoms with Crippen molar-refractivity contribution in [1.82, 2.24) is 14.9 Å². The summed E-state index contributed by atoms with van der Waals surface area (Å²) in [6, 6.07) is 14.8. The molecule has 0 unspecified atom stereocenters. The van der Waals surface area contributed by atoms with Gasteiger partial charge in [0, 0.05) is 22.8 Å². The van der Waals surface area contributed by atoms with Crippen molar-refractivity contribution in [3.63, 3.8) is 0 Å². The number of nitrogens with zero attached hydrogens (tertiary/aromatic N) is 3. The van der Waals surface area contributed by atoms with Crippen molar-refractivity contribution in [3.8, 4) is 11.1 Å².